The average molecular weight is 159 g/mol. The third-order valence-corrected chi connectivity index (χ3v) is 3.27. The molecule has 1 aliphatic rings. The Morgan fingerprint density at radius 3 is 2.50 bits per heavy atom. The summed E-state index contributed by atoms with van der Waals surface area (Å²) in [5.74, 6) is 1.28. The summed E-state index contributed by atoms with van der Waals surface area (Å²) < 4.78 is 0. The lowest BCUT2D eigenvalue weighted by Crippen LogP contribution is -2.28. The van der Waals surface area contributed by atoms with Gasteiger partial charge >= 0.3 is 0 Å². The Bertz CT molecular complexity index is 108. The Kier molecular flexibility index (Phi) is 2.64. The summed E-state index contributed by atoms with van der Waals surface area (Å²) in [4.78, 5) is 0. The van der Waals surface area contributed by atoms with Gasteiger partial charge in [-0.2, -0.15) is 11.8 Å². The van der Waals surface area contributed by atoms with Crippen molar-refractivity contribution >= 4 is 11.8 Å². The van der Waals surface area contributed by atoms with Crippen molar-refractivity contribution in [2.45, 2.75) is 32.2 Å². The van der Waals surface area contributed by atoms with Crippen LogP contribution < -0.4 is 5.73 Å². The first-order chi connectivity index (χ1) is 4.71. The van der Waals surface area contributed by atoms with Gasteiger partial charge in [-0.25, -0.2) is 0 Å². The summed E-state index contributed by atoms with van der Waals surface area (Å²) in [6.45, 7) is 2.15. The molecule has 1 saturated carbocycles. The van der Waals surface area contributed by atoms with Gasteiger partial charge in [-0.3, -0.25) is 0 Å². The van der Waals surface area contributed by atoms with Crippen LogP contribution in [0.1, 0.15) is 26.2 Å². The van der Waals surface area contributed by atoms with Crippen molar-refractivity contribution in [1.29, 1.82) is 0 Å². The van der Waals surface area contributed by atoms with Gasteiger partial charge in [0.2, 0.25) is 0 Å². The molecule has 0 heterocycles. The van der Waals surface area contributed by atoms with Crippen molar-refractivity contribution in [2.24, 2.45) is 11.1 Å². The minimum atomic E-state index is 0.416. The van der Waals surface area contributed by atoms with Crippen molar-refractivity contribution in [2.75, 3.05) is 12.0 Å². The maximum Gasteiger partial charge on any atom is 0.00673 e. The van der Waals surface area contributed by atoms with Crippen LogP contribution in [0.2, 0.25) is 0 Å². The summed E-state index contributed by atoms with van der Waals surface area (Å²) in [6.07, 6.45) is 6.22. The molecule has 1 fully saturated rings. The molecule has 1 rings (SSSR count). The largest absolute Gasteiger partial charge is 0.327 e. The Labute approximate surface area is 67.8 Å². The van der Waals surface area contributed by atoms with Crippen LogP contribution in [-0.4, -0.2) is 18.1 Å². The molecule has 0 saturated heterocycles. The van der Waals surface area contributed by atoms with E-state index in [9.17, 15) is 0 Å². The van der Waals surface area contributed by atoms with Gasteiger partial charge in [0, 0.05) is 6.04 Å². The smallest absolute Gasteiger partial charge is 0.00673 e. The Morgan fingerprint density at radius 1 is 1.60 bits per heavy atom. The van der Waals surface area contributed by atoms with E-state index >= 15 is 0 Å². The summed E-state index contributed by atoms with van der Waals surface area (Å²) in [7, 11) is 0. The summed E-state index contributed by atoms with van der Waals surface area (Å²) >= 11 is 1.93. The number of hydrogen-bond acceptors (Lipinski definition) is 2. The highest BCUT2D eigenvalue weighted by molar-refractivity contribution is 7.98. The van der Waals surface area contributed by atoms with Gasteiger partial charge in [-0.15, -0.1) is 0 Å². The lowest BCUT2D eigenvalue weighted by molar-refractivity contribution is 0.410. The fourth-order valence-electron chi connectivity index (χ4n) is 1.40. The second-order valence-corrected chi connectivity index (χ2v) is 4.38. The van der Waals surface area contributed by atoms with Gasteiger partial charge < -0.3 is 5.73 Å². The number of nitrogens with two attached hydrogens (primary N) is 1. The zero-order chi connectivity index (χ0) is 7.61. The Morgan fingerprint density at radius 2 is 2.20 bits per heavy atom. The average Bonchev–Trinajstić information content (AvgIpc) is 2.64. The minimum Gasteiger partial charge on any atom is -0.327 e. The highest BCUT2D eigenvalue weighted by atomic mass is 32.2. The van der Waals surface area contributed by atoms with Crippen LogP contribution in [0.25, 0.3) is 0 Å². The molecule has 60 valence electrons. The summed E-state index contributed by atoms with van der Waals surface area (Å²) in [5, 5.41) is 0. The third kappa shape index (κ3) is 1.67. The molecule has 1 unspecified atom stereocenters. The van der Waals surface area contributed by atoms with E-state index in [1.165, 1.54) is 25.0 Å². The molecular formula is C8H17NS. The second-order valence-electron chi connectivity index (χ2n) is 3.39. The Balaban J connectivity index is 2.24. The first-order valence-electron chi connectivity index (χ1n) is 3.96. The maximum atomic E-state index is 5.86. The quantitative estimate of drug-likeness (QED) is 0.677. The van der Waals surface area contributed by atoms with Crippen molar-refractivity contribution < 1.29 is 0 Å². The number of hydrogen-bond donors (Lipinski definition) is 1. The molecule has 0 aromatic carbocycles. The molecule has 0 radical (unpaired) electrons. The van der Waals surface area contributed by atoms with E-state index in [-0.39, 0.29) is 0 Å². The lowest BCUT2D eigenvalue weighted by Gasteiger charge is -2.18. The van der Waals surface area contributed by atoms with E-state index in [2.05, 4.69) is 13.2 Å². The van der Waals surface area contributed by atoms with E-state index in [1.807, 2.05) is 11.8 Å². The van der Waals surface area contributed by atoms with Crippen molar-refractivity contribution in [3.63, 3.8) is 0 Å². The predicted octanol–water partition coefficient (Wildman–Crippen LogP) is 1.87. The first-order valence-corrected chi connectivity index (χ1v) is 5.35. The van der Waals surface area contributed by atoms with Crippen molar-refractivity contribution in [3.05, 3.63) is 0 Å². The van der Waals surface area contributed by atoms with Crippen LogP contribution in [-0.2, 0) is 0 Å². The minimum absolute atomic E-state index is 0.416. The van der Waals surface area contributed by atoms with Gasteiger partial charge in [0.25, 0.3) is 0 Å². The van der Waals surface area contributed by atoms with Crippen molar-refractivity contribution in [3.8, 4) is 0 Å². The summed E-state index contributed by atoms with van der Waals surface area (Å²) in [5.41, 5.74) is 6.42. The van der Waals surface area contributed by atoms with Gasteiger partial charge in [-0.05, 0) is 43.6 Å². The van der Waals surface area contributed by atoms with Gasteiger partial charge in [0.05, 0.1) is 0 Å². The SMILES string of the molecule is CSCCC1(C(C)N)CC1. The molecule has 1 nitrogen and oxygen atoms in total. The fraction of sp³-hybridized carbons (Fsp3) is 1.00. The molecule has 2 N–H and O–H groups in total. The van der Waals surface area contributed by atoms with Crippen LogP contribution in [0, 0.1) is 5.41 Å². The molecule has 2 heteroatoms. The van der Waals surface area contributed by atoms with Crippen LogP contribution in [0.4, 0.5) is 0 Å². The molecule has 0 amide bonds. The monoisotopic (exact) mass is 159 g/mol. The van der Waals surface area contributed by atoms with Gasteiger partial charge in [0.1, 0.15) is 0 Å². The predicted molar refractivity (Wildman–Crippen MR) is 48.3 cm³/mol. The normalized spacial score (nSPS) is 24.3. The van der Waals surface area contributed by atoms with E-state index in [1.54, 1.807) is 0 Å². The standard InChI is InChI=1S/C8H17NS/c1-7(9)8(3-4-8)5-6-10-2/h7H,3-6,9H2,1-2H3. The fourth-order valence-corrected chi connectivity index (χ4v) is 2.01. The molecule has 0 aromatic heterocycles. The lowest BCUT2D eigenvalue weighted by atomic mass is 9.96. The van der Waals surface area contributed by atoms with Crippen LogP contribution >= 0.6 is 11.8 Å². The van der Waals surface area contributed by atoms with Crippen molar-refractivity contribution in [1.82, 2.24) is 0 Å². The van der Waals surface area contributed by atoms with Crippen LogP contribution in [0.15, 0.2) is 0 Å². The highest BCUT2D eigenvalue weighted by Gasteiger charge is 2.44. The first kappa shape index (κ1) is 8.41. The van der Waals surface area contributed by atoms with Crippen LogP contribution in [0.3, 0.4) is 0 Å². The van der Waals surface area contributed by atoms with E-state index in [0.29, 0.717) is 11.5 Å². The second kappa shape index (κ2) is 3.14. The molecule has 0 aliphatic heterocycles. The number of rotatable bonds is 4. The molecule has 1 atom stereocenters. The molecule has 0 bridgehead atoms. The molecule has 0 aromatic rings. The van der Waals surface area contributed by atoms with Gasteiger partial charge in [-0.1, -0.05) is 0 Å². The molecule has 0 spiro atoms. The zero-order valence-corrected chi connectivity index (χ0v) is 7.71. The number of thioether (sulfide) groups is 1. The maximum absolute atomic E-state index is 5.86. The third-order valence-electron chi connectivity index (χ3n) is 2.66. The van der Waals surface area contributed by atoms with E-state index in [0.717, 1.165) is 0 Å². The van der Waals surface area contributed by atoms with E-state index in [4.69, 9.17) is 5.73 Å². The highest BCUT2D eigenvalue weighted by Crippen LogP contribution is 2.51. The Hall–Kier alpha value is 0.310. The molecule has 1 aliphatic carbocycles. The van der Waals surface area contributed by atoms with Gasteiger partial charge in [0.15, 0.2) is 0 Å². The van der Waals surface area contributed by atoms with Crippen LogP contribution in [0.5, 0.6) is 0 Å². The zero-order valence-electron chi connectivity index (χ0n) is 6.89. The molecule has 10 heavy (non-hydrogen) atoms. The topological polar surface area (TPSA) is 26.0 Å². The van der Waals surface area contributed by atoms with E-state index < -0.39 is 0 Å². The summed E-state index contributed by atoms with van der Waals surface area (Å²) in [6, 6.07) is 0.416. The molecular weight excluding hydrogens is 142 g/mol.